The summed E-state index contributed by atoms with van der Waals surface area (Å²) in [4.78, 5) is 11.1. The highest BCUT2D eigenvalue weighted by atomic mass is 16.5. The van der Waals surface area contributed by atoms with E-state index in [0.29, 0.717) is 6.42 Å². The van der Waals surface area contributed by atoms with E-state index in [1.54, 1.807) is 6.26 Å². The Kier molecular flexibility index (Phi) is 3.05. The van der Waals surface area contributed by atoms with Crippen LogP contribution in [0.1, 0.15) is 5.56 Å². The van der Waals surface area contributed by atoms with Gasteiger partial charge in [0.05, 0.1) is 19.8 Å². The molecule has 0 radical (unpaired) electrons. The zero-order valence-corrected chi connectivity index (χ0v) is 8.97. The second kappa shape index (κ2) is 4.66. The summed E-state index contributed by atoms with van der Waals surface area (Å²) < 4.78 is 9.87. The van der Waals surface area contributed by atoms with E-state index < -0.39 is 0 Å². The van der Waals surface area contributed by atoms with E-state index >= 15 is 0 Å². The number of carbonyl (C=O) groups is 1. The van der Waals surface area contributed by atoms with Crippen molar-refractivity contribution in [2.45, 2.75) is 6.42 Å². The Bertz CT molecular complexity index is 454. The molecule has 3 heteroatoms. The van der Waals surface area contributed by atoms with Gasteiger partial charge < -0.3 is 9.15 Å². The Morgan fingerprint density at radius 3 is 2.56 bits per heavy atom. The quantitative estimate of drug-likeness (QED) is 0.740. The lowest BCUT2D eigenvalue weighted by atomic mass is 10.1. The zero-order valence-electron chi connectivity index (χ0n) is 8.97. The van der Waals surface area contributed by atoms with Crippen LogP contribution < -0.4 is 0 Å². The molecular formula is C13H12O3. The lowest BCUT2D eigenvalue weighted by Gasteiger charge is -2.01. The van der Waals surface area contributed by atoms with Crippen LogP contribution in [0, 0.1) is 0 Å². The molecule has 0 bridgehead atoms. The summed E-state index contributed by atoms with van der Waals surface area (Å²) in [5.41, 5.74) is 1.93. The maximum atomic E-state index is 11.1. The number of esters is 1. The molecular weight excluding hydrogens is 204 g/mol. The molecule has 0 saturated heterocycles. The minimum Gasteiger partial charge on any atom is -0.469 e. The van der Waals surface area contributed by atoms with Gasteiger partial charge in [-0.15, -0.1) is 0 Å². The topological polar surface area (TPSA) is 39.4 Å². The van der Waals surface area contributed by atoms with E-state index in [4.69, 9.17) is 4.42 Å². The Balaban J connectivity index is 2.14. The first-order chi connectivity index (χ1) is 7.79. The number of furan rings is 1. The third kappa shape index (κ3) is 2.31. The van der Waals surface area contributed by atoms with Gasteiger partial charge in [0.15, 0.2) is 0 Å². The minimum absolute atomic E-state index is 0.231. The summed E-state index contributed by atoms with van der Waals surface area (Å²) in [6, 6.07) is 11.4. The summed E-state index contributed by atoms with van der Waals surface area (Å²) in [5, 5.41) is 0. The number of carbonyl (C=O) groups excluding carboxylic acids is 1. The van der Waals surface area contributed by atoms with Crippen molar-refractivity contribution in [2.75, 3.05) is 7.11 Å². The normalized spacial score (nSPS) is 10.1. The van der Waals surface area contributed by atoms with E-state index in [1.165, 1.54) is 7.11 Å². The molecule has 0 fully saturated rings. The number of rotatable bonds is 3. The molecule has 0 saturated carbocycles. The third-order valence-corrected chi connectivity index (χ3v) is 2.34. The average molecular weight is 216 g/mol. The SMILES string of the molecule is COC(=O)Cc1ccc(-c2ccco2)cc1. The fourth-order valence-electron chi connectivity index (χ4n) is 1.47. The Labute approximate surface area is 93.7 Å². The van der Waals surface area contributed by atoms with Crippen molar-refractivity contribution in [3.05, 3.63) is 48.2 Å². The maximum absolute atomic E-state index is 11.1. The summed E-state index contributed by atoms with van der Waals surface area (Å²) in [5.74, 6) is 0.593. The molecule has 0 amide bonds. The Morgan fingerprint density at radius 1 is 1.25 bits per heavy atom. The highest BCUT2D eigenvalue weighted by Crippen LogP contribution is 2.20. The van der Waals surface area contributed by atoms with E-state index in [2.05, 4.69) is 4.74 Å². The molecule has 2 rings (SSSR count). The van der Waals surface area contributed by atoms with Crippen molar-refractivity contribution in [1.82, 2.24) is 0 Å². The fourth-order valence-corrected chi connectivity index (χ4v) is 1.47. The van der Waals surface area contributed by atoms with Crippen LogP contribution in [0.5, 0.6) is 0 Å². The monoisotopic (exact) mass is 216 g/mol. The van der Waals surface area contributed by atoms with Crippen molar-refractivity contribution in [3.8, 4) is 11.3 Å². The number of hydrogen-bond acceptors (Lipinski definition) is 3. The fraction of sp³-hybridized carbons (Fsp3) is 0.154. The molecule has 16 heavy (non-hydrogen) atoms. The van der Waals surface area contributed by atoms with E-state index in [9.17, 15) is 4.79 Å². The van der Waals surface area contributed by atoms with Crippen LogP contribution in [0.2, 0.25) is 0 Å². The van der Waals surface area contributed by atoms with Gasteiger partial charge >= 0.3 is 5.97 Å². The maximum Gasteiger partial charge on any atom is 0.309 e. The zero-order chi connectivity index (χ0) is 11.4. The van der Waals surface area contributed by atoms with Gasteiger partial charge in [0.2, 0.25) is 0 Å². The van der Waals surface area contributed by atoms with Gasteiger partial charge in [-0.05, 0) is 17.7 Å². The molecule has 3 nitrogen and oxygen atoms in total. The molecule has 0 unspecified atom stereocenters. The standard InChI is InChI=1S/C13H12O3/c1-15-13(14)9-10-4-6-11(7-5-10)12-3-2-8-16-12/h2-8H,9H2,1H3. The molecule has 0 aliphatic carbocycles. The van der Waals surface area contributed by atoms with Gasteiger partial charge in [0.25, 0.3) is 0 Å². The van der Waals surface area contributed by atoms with Crippen molar-refractivity contribution >= 4 is 5.97 Å². The van der Waals surface area contributed by atoms with Crippen LogP contribution in [0.4, 0.5) is 0 Å². The minimum atomic E-state index is -0.231. The molecule has 0 aliphatic heterocycles. The number of hydrogen-bond donors (Lipinski definition) is 0. The van der Waals surface area contributed by atoms with Crippen LogP contribution in [0.15, 0.2) is 47.1 Å². The van der Waals surface area contributed by atoms with Crippen molar-refractivity contribution in [1.29, 1.82) is 0 Å². The second-order valence-electron chi connectivity index (χ2n) is 3.43. The van der Waals surface area contributed by atoms with Crippen LogP contribution in [0.25, 0.3) is 11.3 Å². The first-order valence-corrected chi connectivity index (χ1v) is 4.99. The summed E-state index contributed by atoms with van der Waals surface area (Å²) in [6.07, 6.45) is 1.94. The van der Waals surface area contributed by atoms with Gasteiger partial charge in [-0.2, -0.15) is 0 Å². The molecule has 82 valence electrons. The number of ether oxygens (including phenoxy) is 1. The smallest absolute Gasteiger partial charge is 0.309 e. The second-order valence-corrected chi connectivity index (χ2v) is 3.43. The molecule has 1 aromatic carbocycles. The Morgan fingerprint density at radius 2 is 2.00 bits per heavy atom. The molecule has 1 heterocycles. The molecule has 0 N–H and O–H groups in total. The van der Waals surface area contributed by atoms with Crippen LogP contribution in [0.3, 0.4) is 0 Å². The molecule has 0 atom stereocenters. The van der Waals surface area contributed by atoms with Crippen molar-refractivity contribution in [2.24, 2.45) is 0 Å². The average Bonchev–Trinajstić information content (AvgIpc) is 2.83. The summed E-state index contributed by atoms with van der Waals surface area (Å²) in [6.45, 7) is 0. The molecule has 0 spiro atoms. The molecule has 1 aromatic heterocycles. The molecule has 2 aromatic rings. The van der Waals surface area contributed by atoms with E-state index in [1.807, 2.05) is 36.4 Å². The summed E-state index contributed by atoms with van der Waals surface area (Å²) >= 11 is 0. The van der Waals surface area contributed by atoms with Gasteiger partial charge in [-0.3, -0.25) is 4.79 Å². The van der Waals surface area contributed by atoms with Gasteiger partial charge in [0.1, 0.15) is 5.76 Å². The van der Waals surface area contributed by atoms with E-state index in [-0.39, 0.29) is 5.97 Å². The van der Waals surface area contributed by atoms with Crippen LogP contribution in [-0.4, -0.2) is 13.1 Å². The van der Waals surface area contributed by atoms with Crippen molar-refractivity contribution < 1.29 is 13.9 Å². The lowest BCUT2D eigenvalue weighted by Crippen LogP contribution is -2.03. The number of methoxy groups -OCH3 is 1. The van der Waals surface area contributed by atoms with Gasteiger partial charge in [-0.25, -0.2) is 0 Å². The van der Waals surface area contributed by atoms with Crippen LogP contribution >= 0.6 is 0 Å². The highest BCUT2D eigenvalue weighted by molar-refractivity contribution is 5.72. The van der Waals surface area contributed by atoms with Crippen LogP contribution in [-0.2, 0) is 16.0 Å². The summed E-state index contributed by atoms with van der Waals surface area (Å²) in [7, 11) is 1.39. The van der Waals surface area contributed by atoms with Gasteiger partial charge in [0, 0.05) is 5.56 Å². The van der Waals surface area contributed by atoms with E-state index in [0.717, 1.165) is 16.9 Å². The predicted molar refractivity (Wildman–Crippen MR) is 59.9 cm³/mol. The first kappa shape index (κ1) is 10.5. The predicted octanol–water partition coefficient (Wildman–Crippen LogP) is 2.66. The van der Waals surface area contributed by atoms with Gasteiger partial charge in [-0.1, -0.05) is 24.3 Å². The van der Waals surface area contributed by atoms with Crippen molar-refractivity contribution in [3.63, 3.8) is 0 Å². The molecule has 0 aliphatic rings. The largest absolute Gasteiger partial charge is 0.469 e. The highest BCUT2D eigenvalue weighted by Gasteiger charge is 2.04. The lowest BCUT2D eigenvalue weighted by molar-refractivity contribution is -0.139. The first-order valence-electron chi connectivity index (χ1n) is 4.99. The third-order valence-electron chi connectivity index (χ3n) is 2.34. The Hall–Kier alpha value is -2.03. The number of benzene rings is 1.